The molecule has 0 saturated heterocycles. The Bertz CT molecular complexity index is 711. The first-order chi connectivity index (χ1) is 9.05. The summed E-state index contributed by atoms with van der Waals surface area (Å²) in [4.78, 5) is 0.262. The average molecular weight is 280 g/mol. The van der Waals surface area contributed by atoms with E-state index in [4.69, 9.17) is 0 Å². The first-order valence-corrected chi connectivity index (χ1v) is 7.60. The number of aryl methyl sites for hydroxylation is 1. The van der Waals surface area contributed by atoms with Crippen LogP contribution < -0.4 is 14.6 Å². The van der Waals surface area contributed by atoms with Gasteiger partial charge in [-0.05, 0) is 20.0 Å². The number of fused-ring (bicyclic) bond motifs is 1. The highest BCUT2D eigenvalue weighted by Gasteiger charge is 2.24. The third-order valence-electron chi connectivity index (χ3n) is 3.15. The van der Waals surface area contributed by atoms with Crippen molar-refractivity contribution in [3.05, 3.63) is 30.5 Å². The van der Waals surface area contributed by atoms with Crippen LogP contribution in [0.15, 0.2) is 35.4 Å². The summed E-state index contributed by atoms with van der Waals surface area (Å²) in [6.45, 7) is 2.69. The van der Waals surface area contributed by atoms with Gasteiger partial charge in [0, 0.05) is 13.1 Å². The highest BCUT2D eigenvalue weighted by molar-refractivity contribution is 7.89. The molecule has 0 aliphatic carbocycles. The van der Waals surface area contributed by atoms with Gasteiger partial charge in [-0.15, -0.1) is 0 Å². The van der Waals surface area contributed by atoms with E-state index in [9.17, 15) is 8.42 Å². The summed E-state index contributed by atoms with van der Waals surface area (Å²) in [5.74, 6) is 0. The van der Waals surface area contributed by atoms with E-state index in [0.29, 0.717) is 12.2 Å². The van der Waals surface area contributed by atoms with Gasteiger partial charge in [-0.3, -0.25) is 0 Å². The lowest BCUT2D eigenvalue weighted by Crippen LogP contribution is -2.35. The fourth-order valence-electron chi connectivity index (χ4n) is 2.18. The van der Waals surface area contributed by atoms with Crippen molar-refractivity contribution in [2.24, 2.45) is 0 Å². The van der Waals surface area contributed by atoms with Crippen molar-refractivity contribution in [2.45, 2.75) is 18.4 Å². The molecule has 0 radical (unpaired) electrons. The lowest BCUT2D eigenvalue weighted by atomic mass is 10.2. The van der Waals surface area contributed by atoms with Crippen LogP contribution in [0.5, 0.6) is 0 Å². The van der Waals surface area contributed by atoms with Crippen molar-refractivity contribution in [1.82, 2.24) is 4.72 Å². The first-order valence-electron chi connectivity index (χ1n) is 6.11. The molecular formula is C13H18N3O2S+. The van der Waals surface area contributed by atoms with E-state index in [-0.39, 0.29) is 4.90 Å². The fourth-order valence-corrected chi connectivity index (χ4v) is 3.14. The molecule has 2 N–H and O–H groups in total. The Morgan fingerprint density at radius 1 is 1.21 bits per heavy atom. The normalized spacial score (nSPS) is 11.7. The number of anilines is 1. The molecule has 5 nitrogen and oxygen atoms in total. The summed E-state index contributed by atoms with van der Waals surface area (Å²) in [6, 6.07) is 7.75. The highest BCUT2D eigenvalue weighted by atomic mass is 32.2. The third kappa shape index (κ3) is 2.29. The molecule has 102 valence electrons. The summed E-state index contributed by atoms with van der Waals surface area (Å²) in [5, 5.41) is 3.89. The molecule has 0 atom stereocenters. The molecule has 0 saturated carbocycles. The van der Waals surface area contributed by atoms with E-state index in [1.54, 1.807) is 13.2 Å². The van der Waals surface area contributed by atoms with E-state index in [0.717, 1.165) is 10.9 Å². The molecule has 0 unspecified atom stereocenters. The minimum Gasteiger partial charge on any atom is -0.386 e. The number of hydrogen-bond acceptors (Lipinski definition) is 3. The topological polar surface area (TPSA) is 62.1 Å². The van der Waals surface area contributed by atoms with Gasteiger partial charge >= 0.3 is 0 Å². The molecule has 1 heterocycles. The van der Waals surface area contributed by atoms with Crippen molar-refractivity contribution >= 4 is 26.6 Å². The zero-order valence-corrected chi connectivity index (χ0v) is 12.1. The summed E-state index contributed by atoms with van der Waals surface area (Å²) in [7, 11) is -0.353. The number of hydrogen-bond donors (Lipinski definition) is 2. The van der Waals surface area contributed by atoms with Gasteiger partial charge in [-0.2, -0.15) is 4.57 Å². The maximum absolute atomic E-state index is 12.1. The Kier molecular flexibility index (Phi) is 3.73. The number of aromatic nitrogens is 1. The van der Waals surface area contributed by atoms with Gasteiger partial charge in [0.1, 0.15) is 6.54 Å². The average Bonchev–Trinajstić information content (AvgIpc) is 2.45. The van der Waals surface area contributed by atoms with Crippen molar-refractivity contribution < 1.29 is 13.0 Å². The second kappa shape index (κ2) is 5.14. The molecule has 6 heteroatoms. The monoisotopic (exact) mass is 280 g/mol. The Balaban J connectivity index is 2.93. The molecule has 0 bridgehead atoms. The lowest BCUT2D eigenvalue weighted by Gasteiger charge is -2.11. The van der Waals surface area contributed by atoms with Crippen LogP contribution in [-0.4, -0.2) is 22.5 Å². The van der Waals surface area contributed by atoms with E-state index < -0.39 is 10.0 Å². The van der Waals surface area contributed by atoms with Gasteiger partial charge in [-0.25, -0.2) is 13.1 Å². The van der Waals surface area contributed by atoms with Crippen LogP contribution in [0.25, 0.3) is 10.9 Å². The number of nitrogens with one attached hydrogen (secondary N) is 2. The number of nitrogens with zero attached hydrogens (tertiary/aromatic N) is 1. The Hall–Kier alpha value is -1.66. The number of benzene rings is 1. The SMILES string of the molecule is CC[n+]1cc(S(=O)(=O)NC)c(NC)c2ccccc21. The standard InChI is InChI=1S/C13H17N3O2S/c1-4-16-9-12(19(17,18)15-3)13(14-2)10-7-5-6-8-11(10)16/h5-9,15H,4H2,1-3H3/p+1. The van der Waals surface area contributed by atoms with E-state index >= 15 is 0 Å². The Labute approximate surface area is 113 Å². The van der Waals surface area contributed by atoms with Gasteiger partial charge in [0.2, 0.25) is 15.5 Å². The predicted molar refractivity (Wildman–Crippen MR) is 75.6 cm³/mol. The fraction of sp³-hybridized carbons (Fsp3) is 0.308. The van der Waals surface area contributed by atoms with Gasteiger partial charge in [0.15, 0.2) is 11.1 Å². The quantitative estimate of drug-likeness (QED) is 0.824. The Morgan fingerprint density at radius 3 is 2.47 bits per heavy atom. The zero-order valence-electron chi connectivity index (χ0n) is 11.3. The molecule has 0 aliphatic rings. The first kappa shape index (κ1) is 13.8. The van der Waals surface area contributed by atoms with Gasteiger partial charge in [-0.1, -0.05) is 12.1 Å². The van der Waals surface area contributed by atoms with Gasteiger partial charge in [0.05, 0.1) is 11.1 Å². The summed E-state index contributed by atoms with van der Waals surface area (Å²) in [6.07, 6.45) is 1.67. The van der Waals surface area contributed by atoms with Crippen molar-refractivity contribution in [2.75, 3.05) is 19.4 Å². The molecule has 1 aromatic carbocycles. The zero-order chi connectivity index (χ0) is 14.0. The summed E-state index contributed by atoms with van der Waals surface area (Å²) < 4.78 is 28.6. The van der Waals surface area contributed by atoms with Gasteiger partial charge in [0.25, 0.3) is 0 Å². The maximum Gasteiger partial charge on any atom is 0.248 e. The molecule has 2 aromatic rings. The number of sulfonamides is 1. The highest BCUT2D eigenvalue weighted by Crippen LogP contribution is 2.27. The number of para-hydroxylation sites is 1. The van der Waals surface area contributed by atoms with Crippen molar-refractivity contribution in [1.29, 1.82) is 0 Å². The van der Waals surface area contributed by atoms with Crippen LogP contribution in [0, 0.1) is 0 Å². The number of rotatable bonds is 4. The molecule has 0 fully saturated rings. The smallest absolute Gasteiger partial charge is 0.248 e. The van der Waals surface area contributed by atoms with Crippen LogP contribution in [0.2, 0.25) is 0 Å². The predicted octanol–water partition coefficient (Wildman–Crippen LogP) is 1.10. The van der Waals surface area contributed by atoms with Crippen LogP contribution in [0.4, 0.5) is 5.69 Å². The lowest BCUT2D eigenvalue weighted by molar-refractivity contribution is -0.669. The molecular weight excluding hydrogens is 262 g/mol. The second-order valence-electron chi connectivity index (χ2n) is 4.13. The van der Waals surface area contributed by atoms with Crippen molar-refractivity contribution in [3.8, 4) is 0 Å². The van der Waals surface area contributed by atoms with E-state index in [1.807, 2.05) is 35.8 Å². The largest absolute Gasteiger partial charge is 0.386 e. The van der Waals surface area contributed by atoms with Crippen LogP contribution in [0.1, 0.15) is 6.92 Å². The van der Waals surface area contributed by atoms with Crippen LogP contribution >= 0.6 is 0 Å². The van der Waals surface area contributed by atoms with E-state index in [1.165, 1.54) is 7.05 Å². The molecule has 0 amide bonds. The van der Waals surface area contributed by atoms with Crippen LogP contribution in [-0.2, 0) is 16.6 Å². The molecule has 0 aliphatic heterocycles. The molecule has 19 heavy (non-hydrogen) atoms. The minimum atomic E-state index is -3.50. The maximum atomic E-state index is 12.1. The third-order valence-corrected chi connectivity index (χ3v) is 4.58. The number of pyridine rings is 1. The van der Waals surface area contributed by atoms with E-state index in [2.05, 4.69) is 10.0 Å². The second-order valence-corrected chi connectivity index (χ2v) is 5.98. The van der Waals surface area contributed by atoms with Crippen molar-refractivity contribution in [3.63, 3.8) is 0 Å². The van der Waals surface area contributed by atoms with Crippen LogP contribution in [0.3, 0.4) is 0 Å². The molecule has 2 rings (SSSR count). The minimum absolute atomic E-state index is 0.262. The molecule has 0 spiro atoms. The van der Waals surface area contributed by atoms with Gasteiger partial charge < -0.3 is 5.32 Å². The summed E-state index contributed by atoms with van der Waals surface area (Å²) >= 11 is 0. The molecule has 1 aromatic heterocycles. The summed E-state index contributed by atoms with van der Waals surface area (Å²) in [5.41, 5.74) is 1.62. The Morgan fingerprint density at radius 2 is 1.89 bits per heavy atom.